The highest BCUT2D eigenvalue weighted by atomic mass is 16.5. The predicted octanol–water partition coefficient (Wildman–Crippen LogP) is 0.828. The van der Waals surface area contributed by atoms with Crippen LogP contribution >= 0.6 is 0 Å². The third kappa shape index (κ3) is 2.35. The molecule has 0 bridgehead atoms. The van der Waals surface area contributed by atoms with Crippen LogP contribution in [0.2, 0.25) is 0 Å². The molecule has 0 saturated carbocycles. The topological polar surface area (TPSA) is 41.6 Å². The Kier molecular flexibility index (Phi) is 3.71. The minimum Gasteiger partial charge on any atom is -0.361 e. The Morgan fingerprint density at radius 1 is 1.71 bits per heavy atom. The molecule has 1 N–H and O–H groups in total. The SMILES string of the molecule is CCOC1NC=CC=C1N(C)C(C)=O. The Morgan fingerprint density at radius 2 is 2.43 bits per heavy atom. The fourth-order valence-corrected chi connectivity index (χ4v) is 1.23. The van der Waals surface area contributed by atoms with Crippen LogP contribution in [0.3, 0.4) is 0 Å². The summed E-state index contributed by atoms with van der Waals surface area (Å²) in [4.78, 5) is 12.8. The molecule has 0 aromatic heterocycles. The van der Waals surface area contributed by atoms with E-state index in [4.69, 9.17) is 4.74 Å². The Labute approximate surface area is 84.2 Å². The van der Waals surface area contributed by atoms with Crippen LogP contribution in [0.15, 0.2) is 24.0 Å². The highest BCUT2D eigenvalue weighted by Crippen LogP contribution is 2.12. The molecule has 4 heteroatoms. The van der Waals surface area contributed by atoms with Crippen LogP contribution in [0, 0.1) is 0 Å². The van der Waals surface area contributed by atoms with Gasteiger partial charge in [-0.2, -0.15) is 0 Å². The lowest BCUT2D eigenvalue weighted by atomic mass is 10.2. The number of hydrogen-bond donors (Lipinski definition) is 1. The van der Waals surface area contributed by atoms with Gasteiger partial charge in [-0.25, -0.2) is 0 Å². The Balaban J connectivity index is 2.75. The molecule has 0 spiro atoms. The summed E-state index contributed by atoms with van der Waals surface area (Å²) in [6, 6.07) is 0. The van der Waals surface area contributed by atoms with E-state index in [1.54, 1.807) is 18.1 Å². The van der Waals surface area contributed by atoms with Gasteiger partial charge >= 0.3 is 0 Å². The average molecular weight is 196 g/mol. The molecule has 0 radical (unpaired) electrons. The van der Waals surface area contributed by atoms with Gasteiger partial charge in [0.2, 0.25) is 5.91 Å². The Bertz CT molecular complexity index is 271. The quantitative estimate of drug-likeness (QED) is 0.727. The lowest BCUT2D eigenvalue weighted by Gasteiger charge is -2.28. The second-order valence-electron chi connectivity index (χ2n) is 3.03. The number of carbonyl (C=O) groups excluding carboxylic acids is 1. The van der Waals surface area contributed by atoms with Gasteiger partial charge in [-0.05, 0) is 25.3 Å². The fraction of sp³-hybridized carbons (Fsp3) is 0.500. The molecule has 0 fully saturated rings. The molecule has 14 heavy (non-hydrogen) atoms. The molecular formula is C10H16N2O2. The number of likely N-dealkylation sites (N-methyl/N-ethyl adjacent to an activating group) is 1. The molecule has 1 aliphatic heterocycles. The fourth-order valence-electron chi connectivity index (χ4n) is 1.23. The van der Waals surface area contributed by atoms with Crippen molar-refractivity contribution in [3.63, 3.8) is 0 Å². The second kappa shape index (κ2) is 4.81. The van der Waals surface area contributed by atoms with E-state index in [9.17, 15) is 4.79 Å². The van der Waals surface area contributed by atoms with Crippen LogP contribution in [0.5, 0.6) is 0 Å². The van der Waals surface area contributed by atoms with E-state index >= 15 is 0 Å². The maximum absolute atomic E-state index is 11.2. The Hall–Kier alpha value is -1.29. The molecule has 1 atom stereocenters. The van der Waals surface area contributed by atoms with Crippen molar-refractivity contribution in [1.82, 2.24) is 10.2 Å². The molecule has 0 aromatic carbocycles. The smallest absolute Gasteiger partial charge is 0.223 e. The summed E-state index contributed by atoms with van der Waals surface area (Å²) in [6.07, 6.45) is 5.30. The van der Waals surface area contributed by atoms with Gasteiger partial charge in [0.1, 0.15) is 0 Å². The predicted molar refractivity (Wildman–Crippen MR) is 54.2 cm³/mol. The van der Waals surface area contributed by atoms with Crippen molar-refractivity contribution >= 4 is 5.91 Å². The Morgan fingerprint density at radius 3 is 3.00 bits per heavy atom. The maximum Gasteiger partial charge on any atom is 0.223 e. The number of dihydropyridines is 1. The van der Waals surface area contributed by atoms with Gasteiger partial charge in [0.05, 0.1) is 5.70 Å². The number of hydrogen-bond acceptors (Lipinski definition) is 3. The van der Waals surface area contributed by atoms with Crippen LogP contribution in [-0.4, -0.2) is 30.7 Å². The third-order valence-corrected chi connectivity index (χ3v) is 2.07. The van der Waals surface area contributed by atoms with Crippen molar-refractivity contribution in [2.24, 2.45) is 0 Å². The highest BCUT2D eigenvalue weighted by molar-refractivity contribution is 5.75. The zero-order valence-electron chi connectivity index (χ0n) is 8.78. The van der Waals surface area contributed by atoms with Crippen LogP contribution in [-0.2, 0) is 9.53 Å². The number of allylic oxidation sites excluding steroid dienone is 2. The molecule has 1 amide bonds. The molecule has 4 nitrogen and oxygen atoms in total. The first-order valence-electron chi connectivity index (χ1n) is 4.65. The van der Waals surface area contributed by atoms with E-state index in [1.807, 2.05) is 19.1 Å². The second-order valence-corrected chi connectivity index (χ2v) is 3.03. The van der Waals surface area contributed by atoms with Gasteiger partial charge in [-0.1, -0.05) is 0 Å². The lowest BCUT2D eigenvalue weighted by molar-refractivity contribution is -0.127. The van der Waals surface area contributed by atoms with Gasteiger partial charge in [-0.3, -0.25) is 4.79 Å². The number of nitrogens with one attached hydrogen (secondary N) is 1. The standard InChI is InChI=1S/C10H16N2O2/c1-4-14-10-9(6-5-7-11-10)12(3)8(2)13/h5-7,10-11H,4H2,1-3H3. The summed E-state index contributed by atoms with van der Waals surface area (Å²) in [6.45, 7) is 4.06. The van der Waals surface area contributed by atoms with Crippen molar-refractivity contribution in [3.8, 4) is 0 Å². The van der Waals surface area contributed by atoms with Crippen LogP contribution in [0.25, 0.3) is 0 Å². The molecule has 1 heterocycles. The number of rotatable bonds is 3. The summed E-state index contributed by atoms with van der Waals surface area (Å²) >= 11 is 0. The summed E-state index contributed by atoms with van der Waals surface area (Å²) in [5.74, 6) is -0.00180. The van der Waals surface area contributed by atoms with Crippen molar-refractivity contribution in [1.29, 1.82) is 0 Å². The van der Waals surface area contributed by atoms with Crippen molar-refractivity contribution in [2.45, 2.75) is 20.1 Å². The van der Waals surface area contributed by atoms with Gasteiger partial charge < -0.3 is 15.0 Å². The number of amides is 1. The van der Waals surface area contributed by atoms with Crippen molar-refractivity contribution in [3.05, 3.63) is 24.0 Å². The lowest BCUT2D eigenvalue weighted by Crippen LogP contribution is -2.40. The van der Waals surface area contributed by atoms with Crippen LogP contribution in [0.1, 0.15) is 13.8 Å². The van der Waals surface area contributed by atoms with Gasteiger partial charge in [-0.15, -0.1) is 0 Å². The summed E-state index contributed by atoms with van der Waals surface area (Å²) in [5, 5.41) is 3.04. The number of ether oxygens (including phenoxy) is 1. The average Bonchev–Trinajstić information content (AvgIpc) is 2.18. The normalized spacial score (nSPS) is 19.9. The zero-order chi connectivity index (χ0) is 10.6. The monoisotopic (exact) mass is 196 g/mol. The first-order valence-corrected chi connectivity index (χ1v) is 4.65. The van der Waals surface area contributed by atoms with E-state index in [-0.39, 0.29) is 12.1 Å². The number of carbonyl (C=O) groups is 1. The first kappa shape index (κ1) is 10.8. The molecule has 0 aromatic rings. The molecular weight excluding hydrogens is 180 g/mol. The number of nitrogens with zero attached hydrogens (tertiary/aromatic N) is 1. The van der Waals surface area contributed by atoms with Crippen LogP contribution in [0.4, 0.5) is 0 Å². The van der Waals surface area contributed by atoms with E-state index in [1.165, 1.54) is 6.92 Å². The van der Waals surface area contributed by atoms with Gasteiger partial charge in [0, 0.05) is 20.6 Å². The molecule has 0 aliphatic carbocycles. The van der Waals surface area contributed by atoms with Gasteiger partial charge in [0.25, 0.3) is 0 Å². The van der Waals surface area contributed by atoms with E-state index in [0.29, 0.717) is 6.61 Å². The maximum atomic E-state index is 11.2. The van der Waals surface area contributed by atoms with Gasteiger partial charge in [0.15, 0.2) is 6.23 Å². The molecule has 1 unspecified atom stereocenters. The zero-order valence-corrected chi connectivity index (χ0v) is 8.78. The van der Waals surface area contributed by atoms with E-state index in [0.717, 1.165) is 5.70 Å². The van der Waals surface area contributed by atoms with Crippen molar-refractivity contribution in [2.75, 3.05) is 13.7 Å². The minimum absolute atomic E-state index is 0.00180. The molecule has 1 aliphatic rings. The minimum atomic E-state index is -0.223. The summed E-state index contributed by atoms with van der Waals surface area (Å²) in [7, 11) is 1.74. The molecule has 1 rings (SSSR count). The summed E-state index contributed by atoms with van der Waals surface area (Å²) < 4.78 is 5.44. The van der Waals surface area contributed by atoms with Crippen LogP contribution < -0.4 is 5.32 Å². The first-order chi connectivity index (χ1) is 6.66. The highest BCUT2D eigenvalue weighted by Gasteiger charge is 2.20. The molecule has 78 valence electrons. The third-order valence-electron chi connectivity index (χ3n) is 2.07. The largest absolute Gasteiger partial charge is 0.361 e. The summed E-state index contributed by atoms with van der Waals surface area (Å²) in [5.41, 5.74) is 0.835. The van der Waals surface area contributed by atoms with E-state index in [2.05, 4.69) is 5.32 Å². The molecule has 0 saturated heterocycles. The van der Waals surface area contributed by atoms with E-state index < -0.39 is 0 Å². The van der Waals surface area contributed by atoms with Crippen molar-refractivity contribution < 1.29 is 9.53 Å².